The Bertz CT molecular complexity index is 813. The van der Waals surface area contributed by atoms with E-state index in [4.69, 9.17) is 4.74 Å². The quantitative estimate of drug-likeness (QED) is 0.923. The Kier molecular flexibility index (Phi) is 4.00. The van der Waals surface area contributed by atoms with Gasteiger partial charge in [0.05, 0.1) is 13.1 Å². The predicted molar refractivity (Wildman–Crippen MR) is 76.6 cm³/mol. The molecule has 1 fully saturated rings. The first-order valence-corrected chi connectivity index (χ1v) is 7.02. The minimum atomic E-state index is -4.57. The first kappa shape index (κ1) is 16.0. The van der Waals surface area contributed by atoms with Gasteiger partial charge in [-0.05, 0) is 24.3 Å². The van der Waals surface area contributed by atoms with Gasteiger partial charge < -0.3 is 14.6 Å². The van der Waals surface area contributed by atoms with E-state index in [2.05, 4.69) is 9.97 Å². The van der Waals surface area contributed by atoms with Gasteiger partial charge in [0.1, 0.15) is 17.2 Å². The van der Waals surface area contributed by atoms with Crippen molar-refractivity contribution in [3.63, 3.8) is 0 Å². The largest absolute Gasteiger partial charge is 0.470 e. The Morgan fingerprint density at radius 2 is 2.04 bits per heavy atom. The van der Waals surface area contributed by atoms with Crippen LogP contribution in [-0.2, 0) is 6.18 Å². The number of ether oxygens (including phenoxy) is 1. The number of aromatic nitrogens is 2. The average molecular weight is 339 g/mol. The Morgan fingerprint density at radius 1 is 1.29 bits per heavy atom. The van der Waals surface area contributed by atoms with Crippen molar-refractivity contribution >= 4 is 5.91 Å². The fraction of sp³-hybridized carbons (Fsp3) is 0.267. The number of hydrogen-bond donors (Lipinski definition) is 1. The van der Waals surface area contributed by atoms with E-state index in [1.807, 2.05) is 0 Å². The lowest BCUT2D eigenvalue weighted by molar-refractivity contribution is -0.140. The van der Waals surface area contributed by atoms with Gasteiger partial charge in [0.15, 0.2) is 0 Å². The van der Waals surface area contributed by atoms with Crippen LogP contribution in [0, 0.1) is 0 Å². The van der Waals surface area contributed by atoms with Crippen LogP contribution in [0.25, 0.3) is 0 Å². The third kappa shape index (κ3) is 3.10. The minimum absolute atomic E-state index is 0.0234. The number of alkyl halides is 3. The highest BCUT2D eigenvalue weighted by Crippen LogP contribution is 2.35. The summed E-state index contributed by atoms with van der Waals surface area (Å²) >= 11 is 0. The molecule has 126 valence electrons. The molecule has 24 heavy (non-hydrogen) atoms. The van der Waals surface area contributed by atoms with Crippen LogP contribution in [0.4, 0.5) is 13.2 Å². The molecular formula is C15H12F3N3O3. The second kappa shape index (κ2) is 5.99. The van der Waals surface area contributed by atoms with Crippen LogP contribution in [-0.4, -0.2) is 40.0 Å². The van der Waals surface area contributed by atoms with E-state index in [-0.39, 0.29) is 18.7 Å². The van der Waals surface area contributed by atoms with E-state index in [0.717, 1.165) is 6.07 Å². The van der Waals surface area contributed by atoms with Crippen molar-refractivity contribution in [1.82, 2.24) is 14.9 Å². The van der Waals surface area contributed by atoms with E-state index in [0.29, 0.717) is 0 Å². The van der Waals surface area contributed by atoms with Gasteiger partial charge in [0.2, 0.25) is 5.88 Å². The summed E-state index contributed by atoms with van der Waals surface area (Å²) in [5.41, 5.74) is -1.50. The van der Waals surface area contributed by atoms with E-state index >= 15 is 0 Å². The molecule has 0 aromatic carbocycles. The molecule has 3 heterocycles. The molecule has 1 amide bonds. The molecule has 3 rings (SSSR count). The number of carbonyl (C=O) groups is 1. The maximum absolute atomic E-state index is 12.9. The summed E-state index contributed by atoms with van der Waals surface area (Å²) in [6.07, 6.45) is -2.57. The fourth-order valence-corrected chi connectivity index (χ4v) is 2.30. The summed E-state index contributed by atoms with van der Waals surface area (Å²) in [6, 6.07) is 4.96. The SMILES string of the molecule is O=C(c1ccc[nH]c1=O)N1CC(Oc2ncccc2C(F)(F)F)C1. The predicted octanol–water partition coefficient (Wildman–Crippen LogP) is 1.69. The number of likely N-dealkylation sites (tertiary alicyclic amines) is 1. The van der Waals surface area contributed by atoms with Crippen LogP contribution in [0.15, 0.2) is 41.5 Å². The molecule has 0 radical (unpaired) electrons. The van der Waals surface area contributed by atoms with Crippen molar-refractivity contribution in [1.29, 1.82) is 0 Å². The summed E-state index contributed by atoms with van der Waals surface area (Å²) in [5.74, 6) is -1.01. The summed E-state index contributed by atoms with van der Waals surface area (Å²) in [7, 11) is 0. The molecular weight excluding hydrogens is 327 g/mol. The van der Waals surface area contributed by atoms with Gasteiger partial charge in [-0.2, -0.15) is 13.2 Å². The van der Waals surface area contributed by atoms with Crippen molar-refractivity contribution in [2.24, 2.45) is 0 Å². The Labute approximate surface area is 133 Å². The van der Waals surface area contributed by atoms with Gasteiger partial charge >= 0.3 is 6.18 Å². The monoisotopic (exact) mass is 339 g/mol. The van der Waals surface area contributed by atoms with Gasteiger partial charge in [-0.3, -0.25) is 9.59 Å². The highest BCUT2D eigenvalue weighted by atomic mass is 19.4. The van der Waals surface area contributed by atoms with Crippen LogP contribution >= 0.6 is 0 Å². The second-order valence-electron chi connectivity index (χ2n) is 5.22. The number of halogens is 3. The molecule has 2 aromatic heterocycles. The third-order valence-electron chi connectivity index (χ3n) is 3.54. The van der Waals surface area contributed by atoms with Crippen molar-refractivity contribution in [3.05, 3.63) is 58.1 Å². The zero-order valence-electron chi connectivity index (χ0n) is 12.2. The smallest absolute Gasteiger partial charge is 0.421 e. The van der Waals surface area contributed by atoms with E-state index in [1.54, 1.807) is 0 Å². The van der Waals surface area contributed by atoms with E-state index < -0.39 is 35.2 Å². The zero-order chi connectivity index (χ0) is 17.3. The fourth-order valence-electron chi connectivity index (χ4n) is 2.30. The van der Waals surface area contributed by atoms with Crippen molar-refractivity contribution in [2.45, 2.75) is 12.3 Å². The number of aromatic amines is 1. The van der Waals surface area contributed by atoms with Crippen LogP contribution in [0.3, 0.4) is 0 Å². The van der Waals surface area contributed by atoms with Crippen molar-refractivity contribution in [3.8, 4) is 5.88 Å². The van der Waals surface area contributed by atoms with Crippen molar-refractivity contribution < 1.29 is 22.7 Å². The summed E-state index contributed by atoms with van der Waals surface area (Å²) in [5, 5.41) is 0. The second-order valence-corrected chi connectivity index (χ2v) is 5.22. The van der Waals surface area contributed by atoms with Gasteiger partial charge in [-0.25, -0.2) is 4.98 Å². The molecule has 9 heteroatoms. The molecule has 0 saturated carbocycles. The number of carbonyl (C=O) groups excluding carboxylic acids is 1. The topological polar surface area (TPSA) is 75.3 Å². The van der Waals surface area contributed by atoms with Gasteiger partial charge in [0, 0.05) is 12.4 Å². The molecule has 0 bridgehead atoms. The average Bonchev–Trinajstić information content (AvgIpc) is 2.50. The number of nitrogens with zero attached hydrogens (tertiary/aromatic N) is 2. The van der Waals surface area contributed by atoms with Crippen LogP contribution in [0.1, 0.15) is 15.9 Å². The molecule has 0 aliphatic carbocycles. The Balaban J connectivity index is 1.65. The van der Waals surface area contributed by atoms with E-state index in [1.165, 1.54) is 35.5 Å². The number of hydrogen-bond acceptors (Lipinski definition) is 4. The van der Waals surface area contributed by atoms with Gasteiger partial charge in [-0.15, -0.1) is 0 Å². The molecule has 1 saturated heterocycles. The maximum Gasteiger partial charge on any atom is 0.421 e. The number of amides is 1. The lowest BCUT2D eigenvalue weighted by atomic mass is 10.1. The molecule has 1 aliphatic rings. The Hall–Kier alpha value is -2.84. The lowest BCUT2D eigenvalue weighted by Gasteiger charge is -2.38. The lowest BCUT2D eigenvalue weighted by Crippen LogP contribution is -2.57. The summed E-state index contributed by atoms with van der Waals surface area (Å²) < 4.78 is 43.8. The first-order valence-electron chi connectivity index (χ1n) is 7.02. The number of nitrogens with one attached hydrogen (secondary N) is 1. The van der Waals surface area contributed by atoms with Gasteiger partial charge in [-0.1, -0.05) is 0 Å². The molecule has 0 atom stereocenters. The minimum Gasteiger partial charge on any atom is -0.470 e. The number of H-pyrrole nitrogens is 1. The molecule has 6 nitrogen and oxygen atoms in total. The van der Waals surface area contributed by atoms with Gasteiger partial charge in [0.25, 0.3) is 11.5 Å². The maximum atomic E-state index is 12.9. The van der Waals surface area contributed by atoms with E-state index in [9.17, 15) is 22.8 Å². The highest BCUT2D eigenvalue weighted by molar-refractivity contribution is 5.94. The van der Waals surface area contributed by atoms with Crippen LogP contribution in [0.5, 0.6) is 5.88 Å². The number of pyridine rings is 2. The zero-order valence-corrected chi connectivity index (χ0v) is 12.2. The molecule has 1 N–H and O–H groups in total. The molecule has 2 aromatic rings. The summed E-state index contributed by atoms with van der Waals surface area (Å²) in [6.45, 7) is 0.169. The molecule has 1 aliphatic heterocycles. The summed E-state index contributed by atoms with van der Waals surface area (Å²) in [4.78, 5) is 31.0. The molecule has 0 spiro atoms. The van der Waals surface area contributed by atoms with Crippen LogP contribution in [0.2, 0.25) is 0 Å². The first-order chi connectivity index (χ1) is 11.4. The highest BCUT2D eigenvalue weighted by Gasteiger charge is 2.38. The molecule has 0 unspecified atom stereocenters. The normalized spacial score (nSPS) is 15.0. The van der Waals surface area contributed by atoms with Crippen molar-refractivity contribution in [2.75, 3.05) is 13.1 Å². The third-order valence-corrected chi connectivity index (χ3v) is 3.54. The number of rotatable bonds is 3. The van der Waals surface area contributed by atoms with Crippen LogP contribution < -0.4 is 10.3 Å². The Morgan fingerprint density at radius 3 is 2.71 bits per heavy atom. The standard InChI is InChI=1S/C15H12F3N3O3/c16-15(17,18)11-4-2-6-20-13(11)24-9-7-21(8-9)14(23)10-3-1-5-19-12(10)22/h1-6,9H,7-8H2,(H,19,22).